The first-order valence-corrected chi connectivity index (χ1v) is 5.35. The van der Waals surface area contributed by atoms with Crippen LogP contribution in [-0.4, -0.2) is 28.2 Å². The van der Waals surface area contributed by atoms with E-state index in [1.165, 1.54) is 7.11 Å². The molecule has 0 fully saturated rings. The molecule has 16 heavy (non-hydrogen) atoms. The van der Waals surface area contributed by atoms with Crippen LogP contribution in [0.2, 0.25) is 0 Å². The smallest absolute Gasteiger partial charge is 0.336 e. The number of aromatic nitrogens is 3. The third kappa shape index (κ3) is 2.95. The number of hydrogen-bond acceptors (Lipinski definition) is 4. The number of ether oxygens (including phenoxy) is 1. The van der Waals surface area contributed by atoms with E-state index in [1.54, 1.807) is 0 Å². The van der Waals surface area contributed by atoms with E-state index in [0.29, 0.717) is 11.9 Å². The van der Waals surface area contributed by atoms with Gasteiger partial charge in [0, 0.05) is 5.92 Å². The Morgan fingerprint density at radius 2 is 2.25 bits per heavy atom. The number of anilines is 1. The van der Waals surface area contributed by atoms with Crippen molar-refractivity contribution in [2.24, 2.45) is 11.8 Å². The Morgan fingerprint density at radius 1 is 1.56 bits per heavy atom. The molecule has 0 aromatic carbocycles. The summed E-state index contributed by atoms with van der Waals surface area (Å²) in [5, 5.41) is 8.98. The van der Waals surface area contributed by atoms with E-state index in [9.17, 15) is 4.79 Å². The van der Waals surface area contributed by atoms with E-state index in [1.807, 2.05) is 13.8 Å². The molecular formula is C10H18N4O2. The van der Waals surface area contributed by atoms with E-state index < -0.39 is 0 Å². The molecule has 2 N–H and O–H groups in total. The molecule has 2 atom stereocenters. The fourth-order valence-corrected chi connectivity index (χ4v) is 1.24. The van der Waals surface area contributed by atoms with E-state index in [4.69, 9.17) is 4.74 Å². The van der Waals surface area contributed by atoms with E-state index >= 15 is 0 Å². The number of carbonyl (C=O) groups excluding carboxylic acids is 1. The topological polar surface area (TPSA) is 79.9 Å². The minimum atomic E-state index is -0.0619. The van der Waals surface area contributed by atoms with Crippen LogP contribution < -0.4 is 10.1 Å². The van der Waals surface area contributed by atoms with Gasteiger partial charge < -0.3 is 4.74 Å². The van der Waals surface area contributed by atoms with Gasteiger partial charge in [-0.2, -0.15) is 4.98 Å². The number of aromatic amines is 1. The molecule has 0 radical (unpaired) electrons. The zero-order chi connectivity index (χ0) is 12.1. The highest BCUT2D eigenvalue weighted by molar-refractivity contribution is 5.90. The second kappa shape index (κ2) is 5.48. The monoisotopic (exact) mass is 226 g/mol. The molecule has 0 bridgehead atoms. The molecule has 1 amide bonds. The molecule has 6 heteroatoms. The first-order valence-electron chi connectivity index (χ1n) is 5.35. The van der Waals surface area contributed by atoms with Crippen LogP contribution in [0.3, 0.4) is 0 Å². The second-order valence-corrected chi connectivity index (χ2v) is 3.83. The van der Waals surface area contributed by atoms with Crippen LogP contribution in [0.1, 0.15) is 27.2 Å². The molecule has 1 heterocycles. The van der Waals surface area contributed by atoms with Crippen LogP contribution in [0.5, 0.6) is 6.01 Å². The molecule has 1 aromatic heterocycles. The molecule has 90 valence electrons. The molecule has 0 saturated carbocycles. The number of carbonyl (C=O) groups is 1. The predicted octanol–water partition coefficient (Wildman–Crippen LogP) is 1.43. The van der Waals surface area contributed by atoms with Crippen molar-refractivity contribution in [2.45, 2.75) is 27.2 Å². The highest BCUT2D eigenvalue weighted by Crippen LogP contribution is 2.16. The summed E-state index contributed by atoms with van der Waals surface area (Å²) in [5.41, 5.74) is 0. The van der Waals surface area contributed by atoms with Gasteiger partial charge >= 0.3 is 6.01 Å². The van der Waals surface area contributed by atoms with Crippen molar-refractivity contribution >= 4 is 11.9 Å². The summed E-state index contributed by atoms with van der Waals surface area (Å²) in [4.78, 5) is 15.7. The normalized spacial score (nSPS) is 14.2. The van der Waals surface area contributed by atoms with Crippen molar-refractivity contribution in [2.75, 3.05) is 12.4 Å². The van der Waals surface area contributed by atoms with Gasteiger partial charge in [-0.1, -0.05) is 27.2 Å². The van der Waals surface area contributed by atoms with E-state index in [0.717, 1.165) is 6.42 Å². The van der Waals surface area contributed by atoms with Crippen LogP contribution in [0.25, 0.3) is 0 Å². The summed E-state index contributed by atoms with van der Waals surface area (Å²) < 4.78 is 4.80. The number of nitrogens with zero attached hydrogens (tertiary/aromatic N) is 2. The third-order valence-electron chi connectivity index (χ3n) is 2.80. The van der Waals surface area contributed by atoms with Crippen LogP contribution in [-0.2, 0) is 4.79 Å². The maximum Gasteiger partial charge on any atom is 0.336 e. The Balaban J connectivity index is 2.57. The molecule has 0 aliphatic heterocycles. The second-order valence-electron chi connectivity index (χ2n) is 3.83. The zero-order valence-electron chi connectivity index (χ0n) is 10.1. The molecule has 0 aliphatic rings. The molecule has 2 unspecified atom stereocenters. The lowest BCUT2D eigenvalue weighted by molar-refractivity contribution is -0.120. The Labute approximate surface area is 94.8 Å². The summed E-state index contributed by atoms with van der Waals surface area (Å²) in [5.74, 6) is 0.538. The minimum Gasteiger partial charge on any atom is -0.466 e. The van der Waals surface area contributed by atoms with Gasteiger partial charge in [0.1, 0.15) is 0 Å². The summed E-state index contributed by atoms with van der Waals surface area (Å²) in [6.07, 6.45) is 0.967. The first kappa shape index (κ1) is 12.5. The number of hydrogen-bond donors (Lipinski definition) is 2. The molecule has 0 spiro atoms. The molecule has 0 saturated heterocycles. The Kier molecular flexibility index (Phi) is 4.28. The van der Waals surface area contributed by atoms with Gasteiger partial charge in [-0.15, -0.1) is 5.10 Å². The minimum absolute atomic E-state index is 0.0545. The number of nitrogens with one attached hydrogen (secondary N) is 2. The maximum absolute atomic E-state index is 11.8. The molecule has 0 aliphatic carbocycles. The van der Waals surface area contributed by atoms with Crippen LogP contribution in [0, 0.1) is 11.8 Å². The SMILES string of the molecule is CCC(C)C(C)C(=O)Nc1nc(OC)n[nH]1. The molecule has 6 nitrogen and oxygen atoms in total. The first-order chi connectivity index (χ1) is 7.58. The lowest BCUT2D eigenvalue weighted by atomic mass is 9.93. The summed E-state index contributed by atoms with van der Waals surface area (Å²) >= 11 is 0. The lowest BCUT2D eigenvalue weighted by Gasteiger charge is -2.16. The Bertz CT molecular complexity index is 350. The number of amides is 1. The fourth-order valence-electron chi connectivity index (χ4n) is 1.24. The average molecular weight is 226 g/mol. The van der Waals surface area contributed by atoms with Gasteiger partial charge in [0.05, 0.1) is 7.11 Å². The van der Waals surface area contributed by atoms with Crippen molar-refractivity contribution in [3.05, 3.63) is 0 Å². The number of H-pyrrole nitrogens is 1. The van der Waals surface area contributed by atoms with Crippen molar-refractivity contribution in [1.82, 2.24) is 15.2 Å². The van der Waals surface area contributed by atoms with Crippen molar-refractivity contribution in [1.29, 1.82) is 0 Å². The highest BCUT2D eigenvalue weighted by atomic mass is 16.5. The van der Waals surface area contributed by atoms with Gasteiger partial charge in [-0.25, -0.2) is 5.10 Å². The predicted molar refractivity (Wildman–Crippen MR) is 60.2 cm³/mol. The van der Waals surface area contributed by atoms with Crippen molar-refractivity contribution < 1.29 is 9.53 Å². The van der Waals surface area contributed by atoms with Gasteiger partial charge in [0.25, 0.3) is 0 Å². The van der Waals surface area contributed by atoms with Gasteiger partial charge in [0.15, 0.2) is 0 Å². The molecule has 1 aromatic rings. The summed E-state index contributed by atoms with van der Waals surface area (Å²) in [7, 11) is 1.47. The maximum atomic E-state index is 11.8. The molecular weight excluding hydrogens is 208 g/mol. The Morgan fingerprint density at radius 3 is 2.75 bits per heavy atom. The number of rotatable bonds is 5. The highest BCUT2D eigenvalue weighted by Gasteiger charge is 2.19. The molecule has 1 rings (SSSR count). The largest absolute Gasteiger partial charge is 0.466 e. The van der Waals surface area contributed by atoms with Crippen LogP contribution in [0.4, 0.5) is 5.95 Å². The van der Waals surface area contributed by atoms with E-state index in [-0.39, 0.29) is 17.8 Å². The van der Waals surface area contributed by atoms with Crippen molar-refractivity contribution in [3.8, 4) is 6.01 Å². The standard InChI is InChI=1S/C10H18N4O2/c1-5-6(2)7(3)8(15)11-9-12-10(16-4)14-13-9/h6-7H,5H2,1-4H3,(H2,11,12,13,14,15). The fraction of sp³-hybridized carbons (Fsp3) is 0.700. The van der Waals surface area contributed by atoms with Crippen LogP contribution >= 0.6 is 0 Å². The lowest BCUT2D eigenvalue weighted by Crippen LogP contribution is -2.25. The summed E-state index contributed by atoms with van der Waals surface area (Å²) in [6, 6.07) is 0.214. The zero-order valence-corrected chi connectivity index (χ0v) is 10.1. The Hall–Kier alpha value is -1.59. The van der Waals surface area contributed by atoms with Crippen molar-refractivity contribution in [3.63, 3.8) is 0 Å². The van der Waals surface area contributed by atoms with Gasteiger partial charge in [-0.05, 0) is 5.92 Å². The summed E-state index contributed by atoms with van der Waals surface area (Å²) in [6.45, 7) is 6.01. The van der Waals surface area contributed by atoms with Crippen LogP contribution in [0.15, 0.2) is 0 Å². The number of methoxy groups -OCH3 is 1. The average Bonchev–Trinajstić information content (AvgIpc) is 2.74. The van der Waals surface area contributed by atoms with Gasteiger partial charge in [-0.3, -0.25) is 10.1 Å². The third-order valence-corrected chi connectivity index (χ3v) is 2.80. The van der Waals surface area contributed by atoms with E-state index in [2.05, 4.69) is 27.4 Å². The van der Waals surface area contributed by atoms with Gasteiger partial charge in [0.2, 0.25) is 11.9 Å². The quantitative estimate of drug-likeness (QED) is 0.796.